The predicted molar refractivity (Wildman–Crippen MR) is 94.9 cm³/mol. The molecule has 1 fully saturated rings. The minimum atomic E-state index is -0.497. The average Bonchev–Trinajstić information content (AvgIpc) is 3.25. The molecular formula is C19H20ClNO4. The molecule has 0 aromatic heterocycles. The molecule has 1 aliphatic heterocycles. The maximum Gasteiger partial charge on any atom is 0.255 e. The summed E-state index contributed by atoms with van der Waals surface area (Å²) in [5.41, 5.74) is 0.0696. The van der Waals surface area contributed by atoms with E-state index in [1.54, 1.807) is 6.08 Å². The number of carbonyl (C=O) groups excluding carboxylic acids is 2. The van der Waals surface area contributed by atoms with Crippen molar-refractivity contribution in [2.45, 2.75) is 32.2 Å². The number of phenols is 2. The zero-order valence-electron chi connectivity index (χ0n) is 13.8. The van der Waals surface area contributed by atoms with Crippen molar-refractivity contribution in [2.24, 2.45) is 11.8 Å². The second kappa shape index (κ2) is 6.92. The molecule has 1 amide bonds. The zero-order valence-corrected chi connectivity index (χ0v) is 14.6. The van der Waals surface area contributed by atoms with Crippen LogP contribution in [-0.4, -0.2) is 27.9 Å². The summed E-state index contributed by atoms with van der Waals surface area (Å²) in [6.07, 6.45) is 8.73. The fourth-order valence-corrected chi connectivity index (χ4v) is 3.51. The average molecular weight is 362 g/mol. The minimum absolute atomic E-state index is 0.0589. The highest BCUT2D eigenvalue weighted by atomic mass is 35.5. The molecule has 0 bridgehead atoms. The van der Waals surface area contributed by atoms with Crippen LogP contribution in [-0.2, 0) is 11.2 Å². The summed E-state index contributed by atoms with van der Waals surface area (Å²) >= 11 is 6.10. The van der Waals surface area contributed by atoms with Gasteiger partial charge >= 0.3 is 0 Å². The summed E-state index contributed by atoms with van der Waals surface area (Å²) in [6.45, 7) is 1.91. The van der Waals surface area contributed by atoms with Crippen LogP contribution in [0.4, 0.5) is 0 Å². The van der Waals surface area contributed by atoms with Gasteiger partial charge in [0.25, 0.3) is 5.91 Å². The summed E-state index contributed by atoms with van der Waals surface area (Å²) in [4.78, 5) is 24.8. The Bertz CT molecular complexity index is 784. The van der Waals surface area contributed by atoms with Crippen LogP contribution in [0.25, 0.3) is 0 Å². The van der Waals surface area contributed by atoms with E-state index in [9.17, 15) is 19.8 Å². The molecule has 0 saturated heterocycles. The third kappa shape index (κ3) is 3.87. The monoisotopic (exact) mass is 361 g/mol. The van der Waals surface area contributed by atoms with Crippen LogP contribution in [0.1, 0.15) is 35.7 Å². The second-order valence-electron chi connectivity index (χ2n) is 6.74. The molecule has 25 heavy (non-hydrogen) atoms. The maximum atomic E-state index is 12.6. The van der Waals surface area contributed by atoms with Gasteiger partial charge in [-0.1, -0.05) is 29.8 Å². The number of halogens is 1. The highest BCUT2D eigenvalue weighted by molar-refractivity contribution is 6.33. The largest absolute Gasteiger partial charge is 0.507 e. The maximum absolute atomic E-state index is 12.6. The number of fused-ring (bicyclic) bond motifs is 2. The summed E-state index contributed by atoms with van der Waals surface area (Å²) in [6, 6.07) is 0.944. The third-order valence-corrected chi connectivity index (χ3v) is 5.08. The number of phenolic OH excluding ortho intramolecular Hbond substituents is 2. The van der Waals surface area contributed by atoms with Gasteiger partial charge in [-0.05, 0) is 43.2 Å². The molecule has 1 heterocycles. The standard InChI is InChI=1S/C19H20ClNO4/c1-10-6-12-7-11(12)4-2-3-5-13(22)8-14-17(19(25)21-10)15(23)9-16(24)18(14)20/h2-5,9-12,23-24H,6-8H2,1H3,(H,21,25)/b4-2-,5-3+/t10?,11?,12-/m0/s1. The number of allylic oxidation sites excluding steroid dienone is 4. The van der Waals surface area contributed by atoms with E-state index in [4.69, 9.17) is 11.6 Å². The van der Waals surface area contributed by atoms with Gasteiger partial charge in [0.15, 0.2) is 5.78 Å². The van der Waals surface area contributed by atoms with Crippen LogP contribution in [0.15, 0.2) is 30.4 Å². The highest BCUT2D eigenvalue weighted by Gasteiger charge is 2.36. The number of rotatable bonds is 0. The van der Waals surface area contributed by atoms with Crippen molar-refractivity contribution >= 4 is 23.3 Å². The van der Waals surface area contributed by atoms with Crippen LogP contribution >= 0.6 is 11.6 Å². The van der Waals surface area contributed by atoms with E-state index in [2.05, 4.69) is 11.4 Å². The van der Waals surface area contributed by atoms with Crippen molar-refractivity contribution in [1.82, 2.24) is 5.32 Å². The van der Waals surface area contributed by atoms with Crippen molar-refractivity contribution in [1.29, 1.82) is 0 Å². The molecule has 1 aromatic carbocycles. The summed E-state index contributed by atoms with van der Waals surface area (Å²) < 4.78 is 0. The molecular weight excluding hydrogens is 342 g/mol. The lowest BCUT2D eigenvalue weighted by Crippen LogP contribution is -2.34. The van der Waals surface area contributed by atoms with Crippen LogP contribution in [0.5, 0.6) is 11.5 Å². The Morgan fingerprint density at radius 1 is 1.16 bits per heavy atom. The minimum Gasteiger partial charge on any atom is -0.507 e. The Labute approximate surface area is 151 Å². The molecule has 2 aliphatic rings. The molecule has 1 aliphatic carbocycles. The molecule has 5 nitrogen and oxygen atoms in total. The first kappa shape index (κ1) is 17.5. The van der Waals surface area contributed by atoms with E-state index in [1.807, 2.05) is 13.0 Å². The van der Waals surface area contributed by atoms with E-state index in [0.29, 0.717) is 11.8 Å². The molecule has 2 unspecified atom stereocenters. The molecule has 3 rings (SSSR count). The van der Waals surface area contributed by atoms with Gasteiger partial charge in [-0.15, -0.1) is 0 Å². The quantitative estimate of drug-likeness (QED) is 0.662. The molecule has 1 saturated carbocycles. The van der Waals surface area contributed by atoms with Gasteiger partial charge in [0.05, 0.1) is 10.6 Å². The highest BCUT2D eigenvalue weighted by Crippen LogP contribution is 2.43. The van der Waals surface area contributed by atoms with Crippen molar-refractivity contribution < 1.29 is 19.8 Å². The van der Waals surface area contributed by atoms with E-state index < -0.39 is 11.7 Å². The first-order valence-corrected chi connectivity index (χ1v) is 8.66. The lowest BCUT2D eigenvalue weighted by atomic mass is 9.98. The van der Waals surface area contributed by atoms with Gasteiger partial charge in [-0.2, -0.15) is 0 Å². The van der Waals surface area contributed by atoms with Gasteiger partial charge in [0, 0.05) is 18.5 Å². The first-order chi connectivity index (χ1) is 11.9. The van der Waals surface area contributed by atoms with Crippen molar-refractivity contribution in [2.75, 3.05) is 0 Å². The van der Waals surface area contributed by atoms with E-state index in [0.717, 1.165) is 18.9 Å². The van der Waals surface area contributed by atoms with Crippen LogP contribution in [0.2, 0.25) is 5.02 Å². The molecule has 132 valence electrons. The number of nitrogens with one attached hydrogen (secondary N) is 1. The Balaban J connectivity index is 2.01. The van der Waals surface area contributed by atoms with Gasteiger partial charge in [0.1, 0.15) is 11.5 Å². The predicted octanol–water partition coefficient (Wildman–Crippen LogP) is 3.13. The van der Waals surface area contributed by atoms with E-state index in [1.165, 1.54) is 6.08 Å². The molecule has 6 heteroatoms. The number of aromatic hydroxyl groups is 2. The Morgan fingerprint density at radius 3 is 2.68 bits per heavy atom. The van der Waals surface area contributed by atoms with Gasteiger partial charge in [-0.3, -0.25) is 9.59 Å². The molecule has 3 N–H and O–H groups in total. The summed E-state index contributed by atoms with van der Waals surface area (Å²) in [5, 5.41) is 22.7. The van der Waals surface area contributed by atoms with Gasteiger partial charge in [-0.25, -0.2) is 0 Å². The smallest absolute Gasteiger partial charge is 0.255 e. The van der Waals surface area contributed by atoms with Crippen molar-refractivity contribution in [3.05, 3.63) is 46.5 Å². The number of hydrogen-bond donors (Lipinski definition) is 3. The van der Waals surface area contributed by atoms with Crippen LogP contribution in [0.3, 0.4) is 0 Å². The summed E-state index contributed by atoms with van der Waals surface area (Å²) in [7, 11) is 0. The van der Waals surface area contributed by atoms with E-state index in [-0.39, 0.29) is 40.1 Å². The lowest BCUT2D eigenvalue weighted by molar-refractivity contribution is -0.114. The number of amides is 1. The first-order valence-electron chi connectivity index (χ1n) is 8.28. The van der Waals surface area contributed by atoms with Crippen molar-refractivity contribution in [3.8, 4) is 11.5 Å². The van der Waals surface area contributed by atoms with Crippen LogP contribution in [0, 0.1) is 11.8 Å². The normalized spacial score (nSPS) is 29.0. The number of benzene rings is 1. The zero-order chi connectivity index (χ0) is 18.1. The molecule has 0 spiro atoms. The number of carbonyl (C=O) groups is 2. The number of hydrogen-bond acceptors (Lipinski definition) is 4. The Kier molecular flexibility index (Phi) is 4.86. The molecule has 1 aromatic rings. The summed E-state index contributed by atoms with van der Waals surface area (Å²) in [5.74, 6) is -0.539. The fourth-order valence-electron chi connectivity index (χ4n) is 3.29. The van der Waals surface area contributed by atoms with E-state index >= 15 is 0 Å². The number of ketones is 1. The second-order valence-corrected chi connectivity index (χ2v) is 7.12. The third-order valence-electron chi connectivity index (χ3n) is 4.66. The van der Waals surface area contributed by atoms with Gasteiger partial charge < -0.3 is 15.5 Å². The van der Waals surface area contributed by atoms with Crippen LogP contribution < -0.4 is 5.32 Å². The fraction of sp³-hybridized carbons (Fsp3) is 0.368. The molecule has 0 radical (unpaired) electrons. The van der Waals surface area contributed by atoms with Gasteiger partial charge in [0.2, 0.25) is 0 Å². The Hall–Kier alpha value is -2.27. The topological polar surface area (TPSA) is 86.6 Å². The SMILES string of the molecule is CC1C[C@H]2CC2/C=C\C=C\C(=O)Cc2c(Cl)c(O)cc(O)c2C(=O)N1. The molecule has 3 atom stereocenters. The Morgan fingerprint density at radius 2 is 1.92 bits per heavy atom. The van der Waals surface area contributed by atoms with Crippen molar-refractivity contribution in [3.63, 3.8) is 0 Å². The lowest BCUT2D eigenvalue weighted by Gasteiger charge is -2.18.